The van der Waals surface area contributed by atoms with E-state index in [1.807, 2.05) is 0 Å². The van der Waals surface area contributed by atoms with Crippen LogP contribution in [0, 0.1) is 0 Å². The summed E-state index contributed by atoms with van der Waals surface area (Å²) >= 11 is 0. The van der Waals surface area contributed by atoms with Crippen molar-refractivity contribution in [1.82, 2.24) is 9.78 Å². The number of rotatable bonds is 3. The molecule has 1 unspecified atom stereocenters. The highest BCUT2D eigenvalue weighted by molar-refractivity contribution is 5.98. The van der Waals surface area contributed by atoms with Gasteiger partial charge in [0.25, 0.3) is 0 Å². The van der Waals surface area contributed by atoms with E-state index in [9.17, 15) is 18.0 Å². The maximum absolute atomic E-state index is 12.4. The van der Waals surface area contributed by atoms with Gasteiger partial charge < -0.3 is 0 Å². The number of hydrogen-bond donors (Lipinski definition) is 0. The van der Waals surface area contributed by atoms with Crippen molar-refractivity contribution in [3.8, 4) is 0 Å². The Balaban J connectivity index is 2.23. The Labute approximate surface area is 107 Å². The molecule has 0 fully saturated rings. The predicted molar refractivity (Wildman–Crippen MR) is 62.7 cm³/mol. The summed E-state index contributed by atoms with van der Waals surface area (Å²) in [6.45, 7) is 1.52. The average molecular weight is 268 g/mol. The summed E-state index contributed by atoms with van der Waals surface area (Å²) in [7, 11) is 0. The largest absolute Gasteiger partial charge is 0.435 e. The molecule has 3 nitrogen and oxygen atoms in total. The molecule has 0 aliphatic rings. The number of hydrogen-bond acceptors (Lipinski definition) is 2. The minimum absolute atomic E-state index is 0.280. The first-order valence-corrected chi connectivity index (χ1v) is 5.61. The fourth-order valence-electron chi connectivity index (χ4n) is 1.67. The minimum Gasteiger partial charge on any atom is -0.292 e. The van der Waals surface area contributed by atoms with Gasteiger partial charge in [-0.25, -0.2) is 0 Å². The molecule has 0 amide bonds. The molecule has 1 atom stereocenters. The number of carbonyl (C=O) groups is 1. The Morgan fingerprint density at radius 3 is 2.37 bits per heavy atom. The average Bonchev–Trinajstić information content (AvgIpc) is 2.87. The number of ketones is 1. The molecule has 19 heavy (non-hydrogen) atoms. The molecular formula is C13H11F3N2O. The van der Waals surface area contributed by atoms with Crippen LogP contribution in [0.15, 0.2) is 42.6 Å². The fraction of sp³-hybridized carbons (Fsp3) is 0.231. The molecular weight excluding hydrogens is 257 g/mol. The lowest BCUT2D eigenvalue weighted by molar-refractivity contribution is -0.141. The summed E-state index contributed by atoms with van der Waals surface area (Å²) in [4.78, 5) is 12.1. The van der Waals surface area contributed by atoms with Crippen LogP contribution in [0.5, 0.6) is 0 Å². The maximum atomic E-state index is 12.4. The predicted octanol–water partition coefficient (Wildman–Crippen LogP) is 3.35. The molecule has 0 aliphatic heterocycles. The molecule has 100 valence electrons. The fourth-order valence-corrected chi connectivity index (χ4v) is 1.67. The maximum Gasteiger partial charge on any atom is 0.435 e. The van der Waals surface area contributed by atoms with Crippen molar-refractivity contribution in [1.29, 1.82) is 0 Å². The second-order valence-corrected chi connectivity index (χ2v) is 4.08. The Morgan fingerprint density at radius 1 is 1.21 bits per heavy atom. The highest BCUT2D eigenvalue weighted by Crippen LogP contribution is 2.28. The molecule has 0 bridgehead atoms. The molecule has 6 heteroatoms. The normalized spacial score (nSPS) is 13.3. The quantitative estimate of drug-likeness (QED) is 0.800. The van der Waals surface area contributed by atoms with Crippen LogP contribution in [0.25, 0.3) is 0 Å². The molecule has 0 radical (unpaired) electrons. The zero-order chi connectivity index (χ0) is 14.0. The van der Waals surface area contributed by atoms with E-state index in [1.54, 1.807) is 30.3 Å². The van der Waals surface area contributed by atoms with Gasteiger partial charge in [0.15, 0.2) is 11.5 Å². The lowest BCUT2D eigenvalue weighted by Crippen LogP contribution is -2.18. The molecule has 1 aromatic carbocycles. The third-order valence-corrected chi connectivity index (χ3v) is 2.73. The van der Waals surface area contributed by atoms with E-state index >= 15 is 0 Å². The zero-order valence-corrected chi connectivity index (χ0v) is 10.1. The molecule has 0 N–H and O–H groups in total. The molecule has 0 saturated carbocycles. The highest BCUT2D eigenvalue weighted by atomic mass is 19.4. The second-order valence-electron chi connectivity index (χ2n) is 4.08. The van der Waals surface area contributed by atoms with Gasteiger partial charge >= 0.3 is 6.18 Å². The molecule has 1 heterocycles. The van der Waals surface area contributed by atoms with Crippen molar-refractivity contribution in [3.63, 3.8) is 0 Å². The number of carbonyl (C=O) groups excluding carboxylic acids is 1. The highest BCUT2D eigenvalue weighted by Gasteiger charge is 2.34. The molecule has 0 saturated heterocycles. The van der Waals surface area contributed by atoms with Crippen LogP contribution in [-0.2, 0) is 6.18 Å². The van der Waals surface area contributed by atoms with E-state index in [0.717, 1.165) is 16.9 Å². The smallest absolute Gasteiger partial charge is 0.292 e. The van der Waals surface area contributed by atoms with Crippen LogP contribution in [0.1, 0.15) is 29.0 Å². The van der Waals surface area contributed by atoms with Crippen molar-refractivity contribution in [2.24, 2.45) is 0 Å². The number of Topliss-reactive ketones (excluding diaryl/α,β-unsaturated/α-hetero) is 1. The summed E-state index contributed by atoms with van der Waals surface area (Å²) in [5, 5.41) is 3.40. The first-order chi connectivity index (χ1) is 8.89. The SMILES string of the molecule is CC(C(=O)c1ccccc1)n1ccc(C(F)(F)F)n1. The van der Waals surface area contributed by atoms with Gasteiger partial charge in [-0.1, -0.05) is 30.3 Å². The Bertz CT molecular complexity index is 575. The number of benzene rings is 1. The zero-order valence-electron chi connectivity index (χ0n) is 10.1. The van der Waals surface area contributed by atoms with Crippen molar-refractivity contribution in [3.05, 3.63) is 53.9 Å². The third kappa shape index (κ3) is 2.83. The van der Waals surface area contributed by atoms with E-state index in [4.69, 9.17) is 0 Å². The number of halogens is 3. The van der Waals surface area contributed by atoms with Gasteiger partial charge in [0, 0.05) is 11.8 Å². The van der Waals surface area contributed by atoms with Crippen molar-refractivity contribution < 1.29 is 18.0 Å². The minimum atomic E-state index is -4.50. The topological polar surface area (TPSA) is 34.9 Å². The summed E-state index contributed by atoms with van der Waals surface area (Å²) in [6, 6.07) is 8.47. The number of alkyl halides is 3. The van der Waals surface area contributed by atoms with E-state index < -0.39 is 17.9 Å². The van der Waals surface area contributed by atoms with Gasteiger partial charge in [-0.3, -0.25) is 9.48 Å². The standard InChI is InChI=1S/C13H11F3N2O/c1-9(12(19)10-5-3-2-4-6-10)18-8-7-11(17-18)13(14,15)16/h2-9H,1H3. The summed E-state index contributed by atoms with van der Waals surface area (Å²) in [5.41, 5.74) is -0.556. The van der Waals surface area contributed by atoms with Crippen LogP contribution in [0.2, 0.25) is 0 Å². The Hall–Kier alpha value is -2.11. The van der Waals surface area contributed by atoms with Crippen LogP contribution < -0.4 is 0 Å². The lowest BCUT2D eigenvalue weighted by Gasteiger charge is -2.11. The molecule has 2 rings (SSSR count). The number of nitrogens with zero attached hydrogens (tertiary/aromatic N) is 2. The Kier molecular flexibility index (Phi) is 3.42. The van der Waals surface area contributed by atoms with E-state index in [2.05, 4.69) is 5.10 Å². The number of aromatic nitrogens is 2. The van der Waals surface area contributed by atoms with E-state index in [1.165, 1.54) is 6.92 Å². The first kappa shape index (κ1) is 13.3. The molecule has 2 aromatic rings. The van der Waals surface area contributed by atoms with Crippen LogP contribution in [-0.4, -0.2) is 15.6 Å². The molecule has 0 aliphatic carbocycles. The molecule has 0 spiro atoms. The van der Waals surface area contributed by atoms with Gasteiger partial charge in [-0.05, 0) is 13.0 Å². The van der Waals surface area contributed by atoms with Crippen molar-refractivity contribution in [2.75, 3.05) is 0 Å². The Morgan fingerprint density at radius 2 is 1.84 bits per heavy atom. The lowest BCUT2D eigenvalue weighted by atomic mass is 10.1. The van der Waals surface area contributed by atoms with Crippen molar-refractivity contribution >= 4 is 5.78 Å². The summed E-state index contributed by atoms with van der Waals surface area (Å²) in [5.74, 6) is -0.280. The van der Waals surface area contributed by atoms with Crippen LogP contribution in [0.4, 0.5) is 13.2 Å². The summed E-state index contributed by atoms with van der Waals surface area (Å²) in [6.07, 6.45) is -3.34. The van der Waals surface area contributed by atoms with Gasteiger partial charge in [0.2, 0.25) is 0 Å². The second kappa shape index (κ2) is 4.87. The summed E-state index contributed by atoms with van der Waals surface area (Å²) < 4.78 is 38.3. The van der Waals surface area contributed by atoms with Gasteiger partial charge in [-0.15, -0.1) is 0 Å². The van der Waals surface area contributed by atoms with E-state index in [0.29, 0.717) is 5.56 Å². The third-order valence-electron chi connectivity index (χ3n) is 2.73. The van der Waals surface area contributed by atoms with Gasteiger partial charge in [-0.2, -0.15) is 18.3 Å². The van der Waals surface area contributed by atoms with Gasteiger partial charge in [0.05, 0.1) is 0 Å². The van der Waals surface area contributed by atoms with E-state index in [-0.39, 0.29) is 5.78 Å². The first-order valence-electron chi connectivity index (χ1n) is 5.61. The van der Waals surface area contributed by atoms with Crippen LogP contribution in [0.3, 0.4) is 0 Å². The molecule has 1 aromatic heterocycles. The van der Waals surface area contributed by atoms with Crippen molar-refractivity contribution in [2.45, 2.75) is 19.1 Å². The van der Waals surface area contributed by atoms with Crippen LogP contribution >= 0.6 is 0 Å². The van der Waals surface area contributed by atoms with Gasteiger partial charge in [0.1, 0.15) is 6.04 Å². The monoisotopic (exact) mass is 268 g/mol.